The first-order valence-electron chi connectivity index (χ1n) is 6.07. The van der Waals surface area contributed by atoms with Crippen molar-refractivity contribution in [3.63, 3.8) is 0 Å². The minimum atomic E-state index is -1.08. The Morgan fingerprint density at radius 2 is 1.90 bits per heavy atom. The van der Waals surface area contributed by atoms with Gasteiger partial charge < -0.3 is 25.5 Å². The summed E-state index contributed by atoms with van der Waals surface area (Å²) in [5.41, 5.74) is 6.85. The molecule has 7 N–H and O–H groups in total. The molecule has 0 aromatic carbocycles. The van der Waals surface area contributed by atoms with Crippen LogP contribution in [-0.2, 0) is 0 Å². The van der Waals surface area contributed by atoms with Gasteiger partial charge in [0.25, 0.3) is 0 Å². The lowest BCUT2D eigenvalue weighted by molar-refractivity contribution is 0.00209. The number of amidine groups is 1. The summed E-state index contributed by atoms with van der Waals surface area (Å²) < 4.78 is 0. The molecular weight excluding hydrogens is 270 g/mol. The Morgan fingerprint density at radius 3 is 2.60 bits per heavy atom. The average molecular weight is 285 g/mol. The van der Waals surface area contributed by atoms with Crippen molar-refractivity contribution in [1.82, 2.24) is 21.1 Å². The summed E-state index contributed by atoms with van der Waals surface area (Å²) in [6, 6.07) is -0.423. The molecule has 0 spiro atoms. The molecule has 3 rings (SSSR count). The summed E-state index contributed by atoms with van der Waals surface area (Å²) in [7, 11) is 0. The minimum Gasteiger partial charge on any atom is -0.492 e. The van der Waals surface area contributed by atoms with Gasteiger partial charge in [0, 0.05) is 13.0 Å². The average Bonchev–Trinajstić information content (AvgIpc) is 2.90. The van der Waals surface area contributed by atoms with Crippen LogP contribution in [0.3, 0.4) is 0 Å². The van der Waals surface area contributed by atoms with E-state index in [9.17, 15) is 20.4 Å². The van der Waals surface area contributed by atoms with Crippen LogP contribution in [0.1, 0.15) is 12.8 Å². The molecule has 0 unspecified atom stereocenters. The van der Waals surface area contributed by atoms with Gasteiger partial charge in [-0.25, -0.2) is 5.01 Å². The Hall–Kier alpha value is -2.01. The highest BCUT2D eigenvalue weighted by molar-refractivity contribution is 5.79. The highest BCUT2D eigenvalue weighted by Gasteiger charge is 2.46. The highest BCUT2D eigenvalue weighted by atomic mass is 16.3. The van der Waals surface area contributed by atoms with Crippen LogP contribution in [0.4, 0.5) is 0 Å². The lowest BCUT2D eigenvalue weighted by Crippen LogP contribution is -2.51. The standard InChI is InChI=1S/C10H15N5O5/c16-2-1-5(17)6(18)3-4-7-8-9(19)11-10(20)14(7)13-15(8)12-4/h5-6,12-13,16-19H,1-3H2,(H,11,20)/t5-,6+/m1/s1. The van der Waals surface area contributed by atoms with E-state index in [-0.39, 0.29) is 25.3 Å². The number of nitrogens with zero attached hydrogens (tertiary/aromatic N) is 3. The van der Waals surface area contributed by atoms with Crippen LogP contribution in [0.25, 0.3) is 0 Å². The van der Waals surface area contributed by atoms with Crippen LogP contribution < -0.4 is 11.0 Å². The van der Waals surface area contributed by atoms with Crippen LogP contribution in [0, 0.1) is 0 Å². The van der Waals surface area contributed by atoms with Crippen molar-refractivity contribution in [1.29, 1.82) is 0 Å². The molecule has 0 amide bonds. The fourth-order valence-electron chi connectivity index (χ4n) is 2.32. The first kappa shape index (κ1) is 13.0. The monoisotopic (exact) mass is 285 g/mol. The molecule has 3 heterocycles. The fraction of sp³-hybridized carbons (Fsp3) is 0.500. The molecule has 2 atom stereocenters. The molecule has 3 aliphatic rings. The maximum Gasteiger partial charge on any atom is 0.314 e. The molecule has 110 valence electrons. The third-order valence-corrected chi connectivity index (χ3v) is 3.30. The Morgan fingerprint density at radius 1 is 1.15 bits per heavy atom. The second kappa shape index (κ2) is 4.52. The van der Waals surface area contributed by atoms with Crippen molar-refractivity contribution in [2.24, 2.45) is 4.99 Å². The molecule has 20 heavy (non-hydrogen) atoms. The molecule has 3 aliphatic heterocycles. The number of aliphatic hydroxyl groups excluding tert-OH is 5. The molecule has 0 saturated carbocycles. The molecule has 0 radical (unpaired) electrons. The zero-order chi connectivity index (χ0) is 14.4. The Bertz CT molecular complexity index is 530. The van der Waals surface area contributed by atoms with Gasteiger partial charge >= 0.3 is 6.02 Å². The quantitative estimate of drug-likeness (QED) is 0.302. The minimum absolute atomic E-state index is 0.0647. The second-order valence-electron chi connectivity index (χ2n) is 4.64. The zero-order valence-electron chi connectivity index (χ0n) is 10.4. The number of hydrazine groups is 3. The third kappa shape index (κ3) is 1.78. The van der Waals surface area contributed by atoms with E-state index in [1.807, 2.05) is 0 Å². The number of nitrogens with one attached hydrogen (secondary N) is 2. The molecule has 1 saturated heterocycles. The number of aliphatic hydroxyl groups is 5. The van der Waals surface area contributed by atoms with Gasteiger partial charge in [0.05, 0.1) is 17.9 Å². The smallest absolute Gasteiger partial charge is 0.314 e. The Labute approximate surface area is 113 Å². The number of hydrogen-bond acceptors (Lipinski definition) is 9. The Kier molecular flexibility index (Phi) is 2.94. The lowest BCUT2D eigenvalue weighted by Gasteiger charge is -2.27. The summed E-state index contributed by atoms with van der Waals surface area (Å²) in [5, 5.41) is 50.1. The molecule has 0 aromatic heterocycles. The topological polar surface area (TPSA) is 144 Å². The van der Waals surface area contributed by atoms with Gasteiger partial charge in [-0.3, -0.25) is 5.43 Å². The first-order valence-corrected chi connectivity index (χ1v) is 6.07. The van der Waals surface area contributed by atoms with Crippen molar-refractivity contribution in [2.75, 3.05) is 6.61 Å². The number of hydrogen-bond donors (Lipinski definition) is 7. The van der Waals surface area contributed by atoms with Crippen LogP contribution >= 0.6 is 0 Å². The predicted octanol–water partition coefficient (Wildman–Crippen LogP) is -2.10. The lowest BCUT2D eigenvalue weighted by atomic mass is 10.0. The van der Waals surface area contributed by atoms with Crippen LogP contribution in [-0.4, -0.2) is 60.5 Å². The Balaban J connectivity index is 1.83. The van der Waals surface area contributed by atoms with Crippen LogP contribution in [0.2, 0.25) is 0 Å². The normalized spacial score (nSPS) is 23.2. The third-order valence-electron chi connectivity index (χ3n) is 3.30. The molecule has 10 heteroatoms. The van der Waals surface area contributed by atoms with Crippen LogP contribution in [0.15, 0.2) is 28.0 Å². The fourth-order valence-corrected chi connectivity index (χ4v) is 2.32. The SMILES string of the molecule is OCC[C@@H](O)[C@@H](O)CC1=C2C3=C(O)N=C(O)N2NN3N1. The van der Waals surface area contributed by atoms with E-state index in [1.54, 1.807) is 0 Å². The van der Waals surface area contributed by atoms with Crippen molar-refractivity contribution in [3.8, 4) is 0 Å². The molecule has 4 bridgehead atoms. The van der Waals surface area contributed by atoms with Crippen molar-refractivity contribution in [3.05, 3.63) is 23.0 Å². The van der Waals surface area contributed by atoms with E-state index >= 15 is 0 Å². The van der Waals surface area contributed by atoms with E-state index in [2.05, 4.69) is 16.0 Å². The highest BCUT2D eigenvalue weighted by Crippen LogP contribution is 2.37. The second-order valence-corrected chi connectivity index (χ2v) is 4.64. The summed E-state index contributed by atoms with van der Waals surface area (Å²) >= 11 is 0. The zero-order valence-corrected chi connectivity index (χ0v) is 10.4. The summed E-state index contributed by atoms with van der Waals surface area (Å²) in [5.74, 6) is -0.355. The van der Waals surface area contributed by atoms with E-state index < -0.39 is 18.2 Å². The predicted molar refractivity (Wildman–Crippen MR) is 65.0 cm³/mol. The maximum atomic E-state index is 9.87. The van der Waals surface area contributed by atoms with Crippen molar-refractivity contribution >= 4 is 6.02 Å². The van der Waals surface area contributed by atoms with Gasteiger partial charge in [-0.1, -0.05) is 0 Å². The molecular formula is C10H15N5O5. The van der Waals surface area contributed by atoms with E-state index in [0.29, 0.717) is 17.1 Å². The number of aliphatic imine (C=N–C) groups is 1. The molecule has 0 aliphatic carbocycles. The van der Waals surface area contributed by atoms with Gasteiger partial charge in [-0.2, -0.15) is 10.1 Å². The summed E-state index contributed by atoms with van der Waals surface area (Å²) in [4.78, 5) is 3.54. The largest absolute Gasteiger partial charge is 0.492 e. The van der Waals surface area contributed by atoms with Gasteiger partial charge in [0.2, 0.25) is 5.88 Å². The maximum absolute atomic E-state index is 9.87. The summed E-state index contributed by atoms with van der Waals surface area (Å²) in [6.07, 6.45) is -2.01. The van der Waals surface area contributed by atoms with E-state index in [1.165, 1.54) is 10.1 Å². The molecule has 1 fully saturated rings. The first-order chi connectivity index (χ1) is 9.52. The number of rotatable bonds is 5. The van der Waals surface area contributed by atoms with Crippen LogP contribution in [0.5, 0.6) is 0 Å². The molecule has 10 nitrogen and oxygen atoms in total. The molecule has 0 aromatic rings. The van der Waals surface area contributed by atoms with E-state index in [0.717, 1.165) is 0 Å². The van der Waals surface area contributed by atoms with Crippen molar-refractivity contribution < 1.29 is 25.5 Å². The van der Waals surface area contributed by atoms with Gasteiger partial charge in [0.1, 0.15) is 5.70 Å². The van der Waals surface area contributed by atoms with Gasteiger partial charge in [-0.15, -0.1) is 5.53 Å². The van der Waals surface area contributed by atoms with E-state index in [4.69, 9.17) is 5.11 Å². The summed E-state index contributed by atoms with van der Waals surface area (Å²) in [6.45, 7) is -0.225. The van der Waals surface area contributed by atoms with Gasteiger partial charge in [-0.05, 0) is 6.42 Å². The van der Waals surface area contributed by atoms with Crippen molar-refractivity contribution in [2.45, 2.75) is 25.0 Å². The van der Waals surface area contributed by atoms with Gasteiger partial charge in [0.15, 0.2) is 5.70 Å².